The molecule has 0 amide bonds. The first-order valence-corrected chi connectivity index (χ1v) is 8.74. The van der Waals surface area contributed by atoms with Crippen LogP contribution in [0.15, 0.2) is 49.1 Å². The number of benzene rings is 1. The molecule has 1 aromatic carbocycles. The van der Waals surface area contributed by atoms with Crippen LogP contribution >= 0.6 is 11.3 Å². The fourth-order valence-corrected chi connectivity index (χ4v) is 3.61. The summed E-state index contributed by atoms with van der Waals surface area (Å²) < 4.78 is 16.1. The molecule has 7 heteroatoms. The molecule has 4 rings (SSSR count). The largest absolute Gasteiger partial charge is 0.359 e. The van der Waals surface area contributed by atoms with Gasteiger partial charge in [-0.3, -0.25) is 4.40 Å². The molecule has 0 radical (unpaired) electrons. The van der Waals surface area contributed by atoms with Gasteiger partial charge in [0.05, 0.1) is 4.88 Å². The highest BCUT2D eigenvalue weighted by atomic mass is 32.1. The Morgan fingerprint density at radius 2 is 2.04 bits per heavy atom. The van der Waals surface area contributed by atoms with Crippen LogP contribution in [0, 0.1) is 5.82 Å². The topological polar surface area (TPSA) is 55.1 Å². The van der Waals surface area contributed by atoms with Crippen LogP contribution in [-0.2, 0) is 0 Å². The maximum atomic E-state index is 14.3. The second-order valence-corrected chi connectivity index (χ2v) is 7.04. The van der Waals surface area contributed by atoms with Gasteiger partial charge in [0.15, 0.2) is 10.8 Å². The van der Waals surface area contributed by atoms with Crippen molar-refractivity contribution in [3.63, 3.8) is 0 Å². The van der Waals surface area contributed by atoms with E-state index in [9.17, 15) is 4.39 Å². The molecule has 4 aromatic rings. The second kappa shape index (κ2) is 6.25. The van der Waals surface area contributed by atoms with E-state index in [4.69, 9.17) is 0 Å². The summed E-state index contributed by atoms with van der Waals surface area (Å²) in [5.41, 5.74) is 2.78. The van der Waals surface area contributed by atoms with Crippen LogP contribution in [0.5, 0.6) is 0 Å². The molecule has 0 fully saturated rings. The zero-order valence-corrected chi connectivity index (χ0v) is 14.6. The molecule has 0 bridgehead atoms. The fraction of sp³-hybridized carbons (Fsp3) is 0.167. The molecular formula is C18H16FN5S. The molecule has 0 saturated heterocycles. The van der Waals surface area contributed by atoms with Crippen molar-refractivity contribution >= 4 is 22.1 Å². The Balaban J connectivity index is 1.86. The number of halogens is 1. The molecule has 1 N–H and O–H groups in total. The highest BCUT2D eigenvalue weighted by Gasteiger charge is 2.14. The molecule has 3 heterocycles. The minimum absolute atomic E-state index is 0.281. The van der Waals surface area contributed by atoms with Gasteiger partial charge < -0.3 is 5.32 Å². The van der Waals surface area contributed by atoms with Gasteiger partial charge in [-0.1, -0.05) is 29.5 Å². The standard InChI is InChI=1S/C18H16FN5S/c1-11(2)22-18-20-8-16(25-18)12-7-14(13-5-3-4-6-15(13)19)17-23-21-10-24(17)9-12/h3-11H,1-2H3,(H,20,22). The van der Waals surface area contributed by atoms with Crippen molar-refractivity contribution in [3.05, 3.63) is 54.9 Å². The van der Waals surface area contributed by atoms with Crippen LogP contribution in [0.1, 0.15) is 13.8 Å². The SMILES string of the molecule is CC(C)Nc1ncc(-c2cc(-c3ccccc3F)c3nncn3c2)s1. The van der Waals surface area contributed by atoms with Crippen LogP contribution in [0.3, 0.4) is 0 Å². The number of pyridine rings is 1. The van der Waals surface area contributed by atoms with Gasteiger partial charge in [-0.25, -0.2) is 9.37 Å². The van der Waals surface area contributed by atoms with Crippen molar-refractivity contribution in [1.82, 2.24) is 19.6 Å². The third-order valence-electron chi connectivity index (χ3n) is 3.76. The molecule has 126 valence electrons. The predicted molar refractivity (Wildman–Crippen MR) is 98.2 cm³/mol. The average molecular weight is 353 g/mol. The van der Waals surface area contributed by atoms with Gasteiger partial charge in [-0.2, -0.15) is 0 Å². The summed E-state index contributed by atoms with van der Waals surface area (Å²) >= 11 is 1.56. The highest BCUT2D eigenvalue weighted by Crippen LogP contribution is 2.34. The van der Waals surface area contributed by atoms with E-state index in [1.807, 2.05) is 28.9 Å². The Morgan fingerprint density at radius 3 is 2.84 bits per heavy atom. The third kappa shape index (κ3) is 2.98. The van der Waals surface area contributed by atoms with Crippen molar-refractivity contribution in [1.29, 1.82) is 0 Å². The molecule has 0 unspecified atom stereocenters. The zero-order valence-electron chi connectivity index (χ0n) is 13.8. The zero-order chi connectivity index (χ0) is 17.4. The van der Waals surface area contributed by atoms with Gasteiger partial charge in [0.25, 0.3) is 0 Å². The predicted octanol–water partition coefficient (Wildman–Crippen LogP) is 4.48. The Bertz CT molecular complexity index is 1040. The fourth-order valence-electron chi connectivity index (χ4n) is 2.67. The Kier molecular flexibility index (Phi) is 3.93. The van der Waals surface area contributed by atoms with Gasteiger partial charge in [-0.15, -0.1) is 10.2 Å². The van der Waals surface area contributed by atoms with Crippen molar-refractivity contribution in [2.75, 3.05) is 5.32 Å². The maximum Gasteiger partial charge on any atom is 0.183 e. The van der Waals surface area contributed by atoms with Crippen LogP contribution in [0.2, 0.25) is 0 Å². The molecule has 0 aliphatic rings. The van der Waals surface area contributed by atoms with E-state index in [-0.39, 0.29) is 5.82 Å². The summed E-state index contributed by atoms with van der Waals surface area (Å²) in [6.45, 7) is 4.14. The van der Waals surface area contributed by atoms with Crippen molar-refractivity contribution in [2.24, 2.45) is 0 Å². The molecule has 0 aliphatic carbocycles. The highest BCUT2D eigenvalue weighted by molar-refractivity contribution is 7.18. The number of thiazole rings is 1. The van der Waals surface area contributed by atoms with Gasteiger partial charge >= 0.3 is 0 Å². The van der Waals surface area contributed by atoms with Crippen LogP contribution in [0.4, 0.5) is 9.52 Å². The molecule has 3 aromatic heterocycles. The molecule has 0 aliphatic heterocycles. The van der Waals surface area contributed by atoms with Gasteiger partial charge in [0, 0.05) is 35.1 Å². The van der Waals surface area contributed by atoms with Crippen molar-refractivity contribution < 1.29 is 4.39 Å². The average Bonchev–Trinajstić information content (AvgIpc) is 3.23. The maximum absolute atomic E-state index is 14.3. The Morgan fingerprint density at radius 1 is 1.20 bits per heavy atom. The number of nitrogens with one attached hydrogen (secondary N) is 1. The summed E-state index contributed by atoms with van der Waals surface area (Å²) in [4.78, 5) is 5.41. The van der Waals surface area contributed by atoms with Crippen LogP contribution in [0.25, 0.3) is 27.2 Å². The summed E-state index contributed by atoms with van der Waals surface area (Å²) in [7, 11) is 0. The first-order chi connectivity index (χ1) is 12.1. The van der Waals surface area contributed by atoms with Gasteiger partial charge in [0.1, 0.15) is 12.1 Å². The summed E-state index contributed by atoms with van der Waals surface area (Å²) in [6.07, 6.45) is 5.38. The third-order valence-corrected chi connectivity index (χ3v) is 4.74. The Hall–Kier alpha value is -2.80. The van der Waals surface area contributed by atoms with E-state index in [0.29, 0.717) is 22.8 Å². The number of rotatable bonds is 4. The van der Waals surface area contributed by atoms with E-state index in [0.717, 1.165) is 15.6 Å². The lowest BCUT2D eigenvalue weighted by Crippen LogP contribution is -2.08. The Labute approximate surface area is 148 Å². The lowest BCUT2D eigenvalue weighted by Gasteiger charge is -2.08. The van der Waals surface area contributed by atoms with Gasteiger partial charge in [-0.05, 0) is 26.0 Å². The molecule has 0 saturated carbocycles. The lowest BCUT2D eigenvalue weighted by molar-refractivity contribution is 0.631. The van der Waals surface area contributed by atoms with E-state index >= 15 is 0 Å². The van der Waals surface area contributed by atoms with Crippen molar-refractivity contribution in [2.45, 2.75) is 19.9 Å². The molecule has 0 atom stereocenters. The van der Waals surface area contributed by atoms with E-state index in [1.165, 1.54) is 6.07 Å². The smallest absolute Gasteiger partial charge is 0.183 e. The molecule has 25 heavy (non-hydrogen) atoms. The second-order valence-electron chi connectivity index (χ2n) is 6.01. The number of nitrogens with zero attached hydrogens (tertiary/aromatic N) is 4. The van der Waals surface area contributed by atoms with E-state index in [1.54, 1.807) is 29.8 Å². The minimum Gasteiger partial charge on any atom is -0.359 e. The first kappa shape index (κ1) is 15.7. The first-order valence-electron chi connectivity index (χ1n) is 7.93. The summed E-state index contributed by atoms with van der Waals surface area (Å²) in [5.74, 6) is -0.281. The number of hydrogen-bond acceptors (Lipinski definition) is 5. The molecular weight excluding hydrogens is 337 g/mol. The van der Waals surface area contributed by atoms with Crippen molar-refractivity contribution in [3.8, 4) is 21.6 Å². The number of anilines is 1. The lowest BCUT2D eigenvalue weighted by atomic mass is 10.0. The quantitative estimate of drug-likeness (QED) is 0.588. The minimum atomic E-state index is -0.281. The van der Waals surface area contributed by atoms with E-state index < -0.39 is 0 Å². The van der Waals surface area contributed by atoms with Crippen LogP contribution in [-0.4, -0.2) is 25.6 Å². The van der Waals surface area contributed by atoms with E-state index in [2.05, 4.69) is 34.3 Å². The molecule has 5 nitrogen and oxygen atoms in total. The summed E-state index contributed by atoms with van der Waals surface area (Å²) in [5, 5.41) is 12.3. The number of aromatic nitrogens is 4. The van der Waals surface area contributed by atoms with Crippen LogP contribution < -0.4 is 5.32 Å². The number of fused-ring (bicyclic) bond motifs is 1. The summed E-state index contributed by atoms with van der Waals surface area (Å²) in [6, 6.07) is 8.95. The van der Waals surface area contributed by atoms with Gasteiger partial charge in [0.2, 0.25) is 0 Å². The monoisotopic (exact) mass is 353 g/mol. The normalized spacial score (nSPS) is 11.4. The number of hydrogen-bond donors (Lipinski definition) is 1. The molecule has 0 spiro atoms.